The predicted octanol–water partition coefficient (Wildman–Crippen LogP) is 0.921. The lowest BCUT2D eigenvalue weighted by atomic mass is 10.2. The van der Waals surface area contributed by atoms with Crippen molar-refractivity contribution in [3.63, 3.8) is 0 Å². The molecule has 55 heavy (non-hydrogen) atoms. The van der Waals surface area contributed by atoms with Gasteiger partial charge in [-0.25, -0.2) is 9.59 Å². The smallest absolute Gasteiger partial charge is 0.329 e. The van der Waals surface area contributed by atoms with Crippen LogP contribution in [0.1, 0.15) is 6.42 Å². The number of imidazole rings is 2. The monoisotopic (exact) mass is 752 g/mol. The first-order valence-electron chi connectivity index (χ1n) is 18.3. The number of benzene rings is 2. The first kappa shape index (κ1) is 35.6. The number of methoxy groups -OCH3 is 2. The molecular weight excluding hydrogens is 708 g/mol. The molecule has 4 aromatic heterocycles. The minimum absolute atomic E-state index is 0.302. The molecule has 18 heteroatoms. The summed E-state index contributed by atoms with van der Waals surface area (Å²) in [4.78, 5) is 75.5. The zero-order chi connectivity index (χ0) is 38.4. The highest BCUT2D eigenvalue weighted by atomic mass is 16.5. The van der Waals surface area contributed by atoms with E-state index < -0.39 is 22.5 Å². The van der Waals surface area contributed by atoms with E-state index in [1.165, 1.54) is 9.13 Å². The van der Waals surface area contributed by atoms with Gasteiger partial charge in [-0.05, 0) is 55.0 Å². The van der Waals surface area contributed by atoms with Crippen LogP contribution in [0.25, 0.3) is 22.3 Å². The molecular formula is C37H44N12O6. The van der Waals surface area contributed by atoms with Crippen molar-refractivity contribution < 1.29 is 9.47 Å². The Morgan fingerprint density at radius 1 is 0.545 bits per heavy atom. The van der Waals surface area contributed by atoms with Gasteiger partial charge in [-0.1, -0.05) is 0 Å². The number of ether oxygens (including phenoxy) is 2. The lowest BCUT2D eigenvalue weighted by molar-refractivity contribution is 0.414. The molecule has 2 N–H and O–H groups in total. The molecule has 0 radical (unpaired) electrons. The Morgan fingerprint density at radius 3 is 1.24 bits per heavy atom. The number of anilines is 4. The first-order chi connectivity index (χ1) is 26.6. The van der Waals surface area contributed by atoms with Gasteiger partial charge in [0.1, 0.15) is 11.5 Å². The van der Waals surface area contributed by atoms with Crippen molar-refractivity contribution in [1.82, 2.24) is 38.2 Å². The summed E-state index contributed by atoms with van der Waals surface area (Å²) in [6.07, 6.45) is 0.485. The molecule has 18 nitrogen and oxygen atoms in total. The molecule has 0 unspecified atom stereocenters. The van der Waals surface area contributed by atoms with Gasteiger partial charge in [0.05, 0.1) is 14.2 Å². The average Bonchev–Trinajstić information content (AvgIpc) is 3.80. The topological polar surface area (TPSA) is 177 Å². The third kappa shape index (κ3) is 6.46. The van der Waals surface area contributed by atoms with Crippen LogP contribution >= 0.6 is 0 Å². The van der Waals surface area contributed by atoms with Crippen molar-refractivity contribution in [2.75, 3.05) is 86.2 Å². The van der Waals surface area contributed by atoms with Gasteiger partial charge in [-0.15, -0.1) is 0 Å². The summed E-state index contributed by atoms with van der Waals surface area (Å²) < 4.78 is 17.1. The van der Waals surface area contributed by atoms with Gasteiger partial charge in [0.2, 0.25) is 11.9 Å². The van der Waals surface area contributed by atoms with Crippen molar-refractivity contribution in [1.29, 1.82) is 0 Å². The van der Waals surface area contributed by atoms with E-state index in [-0.39, 0.29) is 0 Å². The van der Waals surface area contributed by atoms with Crippen molar-refractivity contribution in [2.45, 2.75) is 19.5 Å². The zero-order valence-electron chi connectivity index (χ0n) is 31.3. The van der Waals surface area contributed by atoms with Gasteiger partial charge < -0.3 is 38.2 Å². The van der Waals surface area contributed by atoms with Crippen LogP contribution in [-0.2, 0) is 27.2 Å². The number of fused-ring (bicyclic) bond motifs is 2. The highest BCUT2D eigenvalue weighted by Crippen LogP contribution is 2.27. The lowest BCUT2D eigenvalue weighted by Gasteiger charge is -2.37. The molecule has 2 fully saturated rings. The van der Waals surface area contributed by atoms with Crippen LogP contribution < -0.4 is 51.6 Å². The largest absolute Gasteiger partial charge is 0.497 e. The number of nitrogens with one attached hydrogen (secondary N) is 2. The van der Waals surface area contributed by atoms with E-state index >= 15 is 0 Å². The molecule has 6 aromatic rings. The quantitative estimate of drug-likeness (QED) is 0.203. The molecule has 2 saturated heterocycles. The highest BCUT2D eigenvalue weighted by molar-refractivity contribution is 5.75. The molecule has 288 valence electrons. The van der Waals surface area contributed by atoms with Crippen molar-refractivity contribution in [2.24, 2.45) is 14.1 Å². The third-order valence-corrected chi connectivity index (χ3v) is 10.7. The van der Waals surface area contributed by atoms with Crippen molar-refractivity contribution in [3.05, 3.63) is 90.2 Å². The normalized spacial score (nSPS) is 15.1. The van der Waals surface area contributed by atoms with Crippen LogP contribution in [0.4, 0.5) is 23.3 Å². The molecule has 0 spiro atoms. The lowest BCUT2D eigenvalue weighted by Crippen LogP contribution is -2.47. The van der Waals surface area contributed by atoms with Crippen LogP contribution in [-0.4, -0.2) is 105 Å². The second-order valence-electron chi connectivity index (χ2n) is 13.8. The summed E-state index contributed by atoms with van der Waals surface area (Å²) in [5.41, 5.74) is 1.30. The molecule has 0 saturated carbocycles. The number of hydrogen-bond donors (Lipinski definition) is 2. The van der Waals surface area contributed by atoms with Gasteiger partial charge in [-0.2, -0.15) is 9.97 Å². The van der Waals surface area contributed by atoms with Gasteiger partial charge >= 0.3 is 11.4 Å². The predicted molar refractivity (Wildman–Crippen MR) is 211 cm³/mol. The fraction of sp³-hybridized carbons (Fsp3) is 0.405. The van der Waals surface area contributed by atoms with Gasteiger partial charge in [-0.3, -0.25) is 28.7 Å². The van der Waals surface area contributed by atoms with E-state index in [1.807, 2.05) is 57.7 Å². The van der Waals surface area contributed by atoms with Crippen LogP contribution in [0.3, 0.4) is 0 Å². The fourth-order valence-electron chi connectivity index (χ4n) is 7.65. The molecule has 0 aliphatic carbocycles. The number of aromatic amines is 2. The minimum atomic E-state index is -0.538. The van der Waals surface area contributed by atoms with Gasteiger partial charge in [0.15, 0.2) is 22.3 Å². The SMILES string of the molecule is COc1ccc(N2CCN(c3nc4c(c(=O)[nH]c(=O)n4C)n3CCCn3c(N4CCN(c5ccc(OC)cc5)CC4)nc4c3c(=O)[nH]c(=O)n4C)CC2)cc1. The Kier molecular flexibility index (Phi) is 9.32. The molecule has 6 heterocycles. The molecule has 2 aliphatic heterocycles. The summed E-state index contributed by atoms with van der Waals surface area (Å²) in [6, 6.07) is 15.9. The number of rotatable bonds is 10. The number of nitrogens with zero attached hydrogens (tertiary/aromatic N) is 10. The second kappa shape index (κ2) is 14.4. The van der Waals surface area contributed by atoms with Crippen LogP contribution in [0.5, 0.6) is 11.5 Å². The molecule has 2 aliphatic rings. The molecule has 2 aromatic carbocycles. The van der Waals surface area contributed by atoms with E-state index in [9.17, 15) is 19.2 Å². The maximum absolute atomic E-state index is 13.4. The van der Waals surface area contributed by atoms with Crippen LogP contribution in [0.15, 0.2) is 67.7 Å². The zero-order valence-corrected chi connectivity index (χ0v) is 31.3. The van der Waals surface area contributed by atoms with E-state index in [0.717, 1.165) is 49.1 Å². The fourth-order valence-corrected chi connectivity index (χ4v) is 7.65. The standard InChI is InChI=1S/C37H44N12O6/c1-42-30-28(32(50)40-36(42)52)48(34(38-30)46-20-16-44(17-21-46)24-6-10-26(54-3)11-7-24)14-5-15-49-29-31(43(2)37(53)41-33(29)51)39-35(49)47-22-18-45(19-23-47)25-8-12-27(55-4)13-9-25/h6-13H,5,14-23H2,1-4H3,(H,40,50,52)(H,41,51,53). The third-order valence-electron chi connectivity index (χ3n) is 10.7. The summed E-state index contributed by atoms with van der Waals surface area (Å²) in [5.74, 6) is 2.79. The van der Waals surface area contributed by atoms with Gasteiger partial charge in [0, 0.05) is 90.9 Å². The summed E-state index contributed by atoms with van der Waals surface area (Å²) in [5, 5.41) is 0. The average molecular weight is 753 g/mol. The van der Waals surface area contributed by atoms with Crippen LogP contribution in [0.2, 0.25) is 0 Å². The van der Waals surface area contributed by atoms with Crippen molar-refractivity contribution >= 4 is 45.6 Å². The number of piperazine rings is 2. The molecule has 0 amide bonds. The number of hydrogen-bond acceptors (Lipinski definition) is 12. The first-order valence-corrected chi connectivity index (χ1v) is 18.3. The van der Waals surface area contributed by atoms with E-state index in [0.29, 0.717) is 79.9 Å². The Balaban J connectivity index is 1.08. The molecule has 0 bridgehead atoms. The molecule has 8 rings (SSSR count). The van der Waals surface area contributed by atoms with Gasteiger partial charge in [0.25, 0.3) is 11.1 Å². The van der Waals surface area contributed by atoms with Crippen molar-refractivity contribution in [3.8, 4) is 11.5 Å². The number of H-pyrrole nitrogens is 2. The minimum Gasteiger partial charge on any atom is -0.497 e. The Bertz CT molecular complexity index is 2400. The van der Waals surface area contributed by atoms with E-state index in [1.54, 1.807) is 28.3 Å². The summed E-state index contributed by atoms with van der Waals surface area (Å²) in [7, 11) is 6.48. The summed E-state index contributed by atoms with van der Waals surface area (Å²) in [6.45, 7) is 6.19. The maximum Gasteiger partial charge on any atom is 0.329 e. The second-order valence-corrected chi connectivity index (χ2v) is 13.8. The Hall–Kier alpha value is -6.46. The summed E-state index contributed by atoms with van der Waals surface area (Å²) >= 11 is 0. The van der Waals surface area contributed by atoms with Crippen LogP contribution in [0, 0.1) is 0 Å². The van der Waals surface area contributed by atoms with E-state index in [4.69, 9.17) is 19.4 Å². The number of aryl methyl sites for hydroxylation is 4. The maximum atomic E-state index is 13.4. The number of aromatic nitrogens is 8. The molecule has 0 atom stereocenters. The highest BCUT2D eigenvalue weighted by Gasteiger charge is 2.28. The Morgan fingerprint density at radius 2 is 0.891 bits per heavy atom. The van der Waals surface area contributed by atoms with E-state index in [2.05, 4.69) is 29.6 Å². The Labute approximate surface area is 314 Å².